The van der Waals surface area contributed by atoms with Crippen molar-refractivity contribution >= 4 is 17.6 Å². The minimum atomic E-state index is -0.649. The van der Waals surface area contributed by atoms with E-state index in [1.165, 1.54) is 0 Å². The molecule has 0 saturated heterocycles. The summed E-state index contributed by atoms with van der Waals surface area (Å²) in [5.41, 5.74) is 2.81. The van der Waals surface area contributed by atoms with Gasteiger partial charge in [0.2, 0.25) is 5.78 Å². The summed E-state index contributed by atoms with van der Waals surface area (Å²) >= 11 is 0. The molecule has 2 rings (SSSR count). The molecule has 0 atom stereocenters. The lowest BCUT2D eigenvalue weighted by atomic mass is 9.86. The van der Waals surface area contributed by atoms with E-state index >= 15 is 0 Å². The first-order chi connectivity index (χ1) is 12.2. The average molecular weight is 352 g/mol. The van der Waals surface area contributed by atoms with Gasteiger partial charge in [-0.3, -0.25) is 14.4 Å². The quantitative estimate of drug-likeness (QED) is 0.642. The standard InChI is InChI=1S/C21H24N2O3/c1-21(2,3)17-11-9-15(10-12-17)18(24)20(26)23-13-14-5-7-16(8-6-14)19(25)22-4/h5-12H,13H2,1-4H3,(H,22,25)(H,23,26). The lowest BCUT2D eigenvalue weighted by molar-refractivity contribution is -0.117. The van der Waals surface area contributed by atoms with Gasteiger partial charge in [-0.1, -0.05) is 57.2 Å². The number of carbonyl (C=O) groups excluding carboxylic acids is 3. The Bertz CT molecular complexity index is 801. The molecule has 0 aliphatic carbocycles. The van der Waals surface area contributed by atoms with E-state index in [1.807, 2.05) is 12.1 Å². The van der Waals surface area contributed by atoms with Gasteiger partial charge in [0.05, 0.1) is 0 Å². The number of hydrogen-bond acceptors (Lipinski definition) is 3. The summed E-state index contributed by atoms with van der Waals surface area (Å²) in [6, 6.07) is 13.9. The molecule has 0 aliphatic rings. The molecule has 0 saturated carbocycles. The molecule has 136 valence electrons. The summed E-state index contributed by atoms with van der Waals surface area (Å²) < 4.78 is 0. The van der Waals surface area contributed by atoms with E-state index in [9.17, 15) is 14.4 Å². The van der Waals surface area contributed by atoms with Gasteiger partial charge in [-0.2, -0.15) is 0 Å². The number of rotatable bonds is 5. The highest BCUT2D eigenvalue weighted by atomic mass is 16.2. The normalized spacial score (nSPS) is 10.9. The van der Waals surface area contributed by atoms with Crippen LogP contribution in [-0.2, 0) is 16.8 Å². The Morgan fingerprint density at radius 2 is 1.38 bits per heavy atom. The highest BCUT2D eigenvalue weighted by Crippen LogP contribution is 2.22. The lowest BCUT2D eigenvalue weighted by Crippen LogP contribution is -2.30. The van der Waals surface area contributed by atoms with Crippen molar-refractivity contribution in [2.45, 2.75) is 32.7 Å². The fraction of sp³-hybridized carbons (Fsp3) is 0.286. The van der Waals surface area contributed by atoms with E-state index in [2.05, 4.69) is 31.4 Å². The van der Waals surface area contributed by atoms with Crippen molar-refractivity contribution in [3.05, 3.63) is 70.8 Å². The van der Waals surface area contributed by atoms with E-state index in [4.69, 9.17) is 0 Å². The smallest absolute Gasteiger partial charge is 0.292 e. The van der Waals surface area contributed by atoms with Crippen molar-refractivity contribution < 1.29 is 14.4 Å². The summed E-state index contributed by atoms with van der Waals surface area (Å²) in [6.45, 7) is 6.49. The van der Waals surface area contributed by atoms with Crippen LogP contribution in [-0.4, -0.2) is 24.6 Å². The predicted molar refractivity (Wildman–Crippen MR) is 101 cm³/mol. The number of benzene rings is 2. The molecule has 0 aromatic heterocycles. The average Bonchev–Trinajstić information content (AvgIpc) is 2.64. The third kappa shape index (κ3) is 4.79. The second kappa shape index (κ2) is 7.95. The number of carbonyl (C=O) groups is 3. The Labute approximate surface area is 153 Å². The molecule has 0 fully saturated rings. The number of amides is 2. The van der Waals surface area contributed by atoms with Gasteiger partial charge < -0.3 is 10.6 Å². The van der Waals surface area contributed by atoms with Crippen LogP contribution in [0, 0.1) is 0 Å². The SMILES string of the molecule is CNC(=O)c1ccc(CNC(=O)C(=O)c2ccc(C(C)(C)C)cc2)cc1. The van der Waals surface area contributed by atoms with Crippen molar-refractivity contribution in [3.8, 4) is 0 Å². The fourth-order valence-corrected chi connectivity index (χ4v) is 2.43. The van der Waals surface area contributed by atoms with Crippen molar-refractivity contribution in [1.82, 2.24) is 10.6 Å². The van der Waals surface area contributed by atoms with E-state index in [-0.39, 0.29) is 17.9 Å². The van der Waals surface area contributed by atoms with Crippen LogP contribution < -0.4 is 10.6 Å². The first-order valence-electron chi connectivity index (χ1n) is 8.46. The number of ketones is 1. The number of nitrogens with one attached hydrogen (secondary N) is 2. The van der Waals surface area contributed by atoms with E-state index in [1.54, 1.807) is 43.4 Å². The molecule has 0 aliphatic heterocycles. The molecule has 0 bridgehead atoms. The molecule has 0 radical (unpaired) electrons. The first-order valence-corrected chi connectivity index (χ1v) is 8.46. The Balaban J connectivity index is 1.97. The predicted octanol–water partition coefficient (Wildman–Crippen LogP) is 2.84. The van der Waals surface area contributed by atoms with Gasteiger partial charge in [0.25, 0.3) is 11.8 Å². The summed E-state index contributed by atoms with van der Waals surface area (Å²) in [5, 5.41) is 5.16. The second-order valence-corrected chi connectivity index (χ2v) is 7.12. The summed E-state index contributed by atoms with van der Waals surface area (Å²) in [7, 11) is 1.57. The first kappa shape index (κ1) is 19.4. The van der Waals surface area contributed by atoms with E-state index in [0.29, 0.717) is 11.1 Å². The zero-order chi connectivity index (χ0) is 19.3. The van der Waals surface area contributed by atoms with Gasteiger partial charge in [0.1, 0.15) is 0 Å². The van der Waals surface area contributed by atoms with Crippen LogP contribution in [0.15, 0.2) is 48.5 Å². The van der Waals surface area contributed by atoms with Gasteiger partial charge in [-0.25, -0.2) is 0 Å². The molecule has 2 aromatic carbocycles. The number of hydrogen-bond donors (Lipinski definition) is 2. The Morgan fingerprint density at radius 1 is 0.846 bits per heavy atom. The molecule has 5 nitrogen and oxygen atoms in total. The molecule has 0 spiro atoms. The van der Waals surface area contributed by atoms with Crippen molar-refractivity contribution in [2.75, 3.05) is 7.05 Å². The van der Waals surface area contributed by atoms with Crippen LogP contribution in [0.25, 0.3) is 0 Å². The summed E-state index contributed by atoms with van der Waals surface area (Å²) in [5.74, 6) is -1.38. The Hall–Kier alpha value is -2.95. The molecular formula is C21H24N2O3. The highest BCUT2D eigenvalue weighted by Gasteiger charge is 2.18. The van der Waals surface area contributed by atoms with Crippen LogP contribution >= 0.6 is 0 Å². The third-order valence-electron chi connectivity index (χ3n) is 4.12. The van der Waals surface area contributed by atoms with Crippen LogP contribution in [0.3, 0.4) is 0 Å². The molecule has 5 heteroatoms. The fourth-order valence-electron chi connectivity index (χ4n) is 2.43. The maximum atomic E-state index is 12.2. The maximum Gasteiger partial charge on any atom is 0.292 e. The molecule has 2 aromatic rings. The molecule has 2 amide bonds. The largest absolute Gasteiger partial charge is 0.355 e. The molecular weight excluding hydrogens is 328 g/mol. The van der Waals surface area contributed by atoms with Crippen LogP contribution in [0.1, 0.15) is 52.6 Å². The van der Waals surface area contributed by atoms with Gasteiger partial charge in [0, 0.05) is 24.7 Å². The Morgan fingerprint density at radius 3 is 1.88 bits per heavy atom. The molecule has 0 heterocycles. The van der Waals surface area contributed by atoms with E-state index < -0.39 is 11.7 Å². The zero-order valence-electron chi connectivity index (χ0n) is 15.6. The second-order valence-electron chi connectivity index (χ2n) is 7.12. The third-order valence-corrected chi connectivity index (χ3v) is 4.12. The zero-order valence-corrected chi connectivity index (χ0v) is 15.6. The van der Waals surface area contributed by atoms with Crippen molar-refractivity contribution in [1.29, 1.82) is 0 Å². The molecule has 26 heavy (non-hydrogen) atoms. The van der Waals surface area contributed by atoms with Gasteiger partial charge in [0.15, 0.2) is 0 Å². The Kier molecular flexibility index (Phi) is 5.93. The lowest BCUT2D eigenvalue weighted by Gasteiger charge is -2.18. The van der Waals surface area contributed by atoms with Gasteiger partial charge in [-0.05, 0) is 28.7 Å². The summed E-state index contributed by atoms with van der Waals surface area (Å²) in [6.07, 6.45) is 0. The molecule has 0 unspecified atom stereocenters. The summed E-state index contributed by atoms with van der Waals surface area (Å²) in [4.78, 5) is 35.8. The van der Waals surface area contributed by atoms with Crippen LogP contribution in [0.2, 0.25) is 0 Å². The monoisotopic (exact) mass is 352 g/mol. The van der Waals surface area contributed by atoms with Crippen molar-refractivity contribution in [3.63, 3.8) is 0 Å². The van der Waals surface area contributed by atoms with Crippen LogP contribution in [0.5, 0.6) is 0 Å². The highest BCUT2D eigenvalue weighted by molar-refractivity contribution is 6.42. The van der Waals surface area contributed by atoms with Gasteiger partial charge in [-0.15, -0.1) is 0 Å². The minimum absolute atomic E-state index is 0.00925. The van der Waals surface area contributed by atoms with Crippen LogP contribution in [0.4, 0.5) is 0 Å². The van der Waals surface area contributed by atoms with Crippen molar-refractivity contribution in [2.24, 2.45) is 0 Å². The maximum absolute atomic E-state index is 12.2. The topological polar surface area (TPSA) is 75.3 Å². The minimum Gasteiger partial charge on any atom is -0.355 e. The number of Topliss-reactive ketones (excluding diaryl/α,β-unsaturated/α-hetero) is 1. The van der Waals surface area contributed by atoms with E-state index in [0.717, 1.165) is 11.1 Å². The van der Waals surface area contributed by atoms with Gasteiger partial charge >= 0.3 is 0 Å². The molecule has 2 N–H and O–H groups in total.